The molecule has 6 nitrogen and oxygen atoms in total. The monoisotopic (exact) mass is 431 g/mol. The molecule has 2 aromatic carbocycles. The number of anilines is 1. The largest absolute Gasteiger partial charge is 0.325 e. The van der Waals surface area contributed by atoms with Crippen molar-refractivity contribution in [1.82, 2.24) is 9.13 Å². The van der Waals surface area contributed by atoms with Crippen molar-refractivity contribution in [3.8, 4) is 5.69 Å². The van der Waals surface area contributed by atoms with E-state index < -0.39 is 22.8 Å². The molecule has 1 amide bonds. The van der Waals surface area contributed by atoms with Crippen LogP contribution in [0.4, 0.5) is 10.1 Å². The van der Waals surface area contributed by atoms with Gasteiger partial charge in [-0.25, -0.2) is 4.39 Å². The fraction of sp³-hybridized carbons (Fsp3) is 0.105. The molecule has 0 unspecified atom stereocenters. The number of aromatic nitrogens is 2. The summed E-state index contributed by atoms with van der Waals surface area (Å²) in [6.07, 6.45) is 2.67. The number of amides is 1. The Bertz CT molecular complexity index is 1120. The van der Waals surface area contributed by atoms with E-state index in [2.05, 4.69) is 21.2 Å². The molecule has 0 saturated carbocycles. The molecule has 0 fully saturated rings. The number of carbonyl (C=O) groups is 1. The first-order chi connectivity index (χ1) is 12.8. The number of hydrogen-bond donors (Lipinski definition) is 1. The van der Waals surface area contributed by atoms with Crippen molar-refractivity contribution in [3.63, 3.8) is 0 Å². The molecule has 0 saturated heterocycles. The van der Waals surface area contributed by atoms with Gasteiger partial charge in [0, 0.05) is 22.6 Å². The average molecular weight is 432 g/mol. The van der Waals surface area contributed by atoms with Gasteiger partial charge in [0.1, 0.15) is 12.4 Å². The van der Waals surface area contributed by atoms with Crippen LogP contribution >= 0.6 is 15.9 Å². The molecular formula is C19H15BrFN3O3. The predicted molar refractivity (Wildman–Crippen MR) is 104 cm³/mol. The number of halogens is 2. The third-order valence-corrected chi connectivity index (χ3v) is 4.46. The van der Waals surface area contributed by atoms with E-state index in [1.54, 1.807) is 31.2 Å². The fourth-order valence-corrected chi connectivity index (χ4v) is 2.82. The highest BCUT2D eigenvalue weighted by Crippen LogP contribution is 2.14. The highest BCUT2D eigenvalue weighted by molar-refractivity contribution is 9.10. The molecule has 3 rings (SSSR count). The Morgan fingerprint density at radius 2 is 1.78 bits per heavy atom. The highest BCUT2D eigenvalue weighted by atomic mass is 79.9. The Kier molecular flexibility index (Phi) is 5.36. The van der Waals surface area contributed by atoms with Crippen LogP contribution in [0.25, 0.3) is 5.69 Å². The van der Waals surface area contributed by atoms with Crippen molar-refractivity contribution in [3.05, 3.63) is 91.4 Å². The molecule has 0 bridgehead atoms. The molecule has 0 radical (unpaired) electrons. The summed E-state index contributed by atoms with van der Waals surface area (Å²) in [4.78, 5) is 36.9. The zero-order chi connectivity index (χ0) is 19.6. The van der Waals surface area contributed by atoms with Crippen molar-refractivity contribution in [2.24, 2.45) is 0 Å². The maximum absolute atomic E-state index is 13.5. The first kappa shape index (κ1) is 18.8. The van der Waals surface area contributed by atoms with E-state index in [0.717, 1.165) is 13.6 Å². The van der Waals surface area contributed by atoms with E-state index in [0.29, 0.717) is 11.3 Å². The Labute approximate surface area is 162 Å². The van der Waals surface area contributed by atoms with Crippen LogP contribution < -0.4 is 16.4 Å². The molecule has 0 atom stereocenters. The van der Waals surface area contributed by atoms with Gasteiger partial charge in [0.05, 0.1) is 5.69 Å². The fourth-order valence-electron chi connectivity index (χ4n) is 2.55. The van der Waals surface area contributed by atoms with E-state index in [1.807, 2.05) is 0 Å². The van der Waals surface area contributed by atoms with Crippen LogP contribution in [0.1, 0.15) is 5.56 Å². The van der Waals surface area contributed by atoms with Gasteiger partial charge in [-0.15, -0.1) is 0 Å². The SMILES string of the molecule is Cc1ccc(F)cc1-n1ccn(CC(=O)Nc2ccc(Br)cc2)c(=O)c1=O. The van der Waals surface area contributed by atoms with Crippen molar-refractivity contribution in [2.75, 3.05) is 5.32 Å². The molecule has 0 aliphatic carbocycles. The minimum Gasteiger partial charge on any atom is -0.325 e. The molecule has 138 valence electrons. The van der Waals surface area contributed by atoms with Crippen molar-refractivity contribution in [2.45, 2.75) is 13.5 Å². The van der Waals surface area contributed by atoms with Gasteiger partial charge in [0.25, 0.3) is 0 Å². The molecule has 3 aromatic rings. The summed E-state index contributed by atoms with van der Waals surface area (Å²) in [7, 11) is 0. The van der Waals surface area contributed by atoms with Gasteiger partial charge >= 0.3 is 11.1 Å². The molecule has 0 spiro atoms. The van der Waals surface area contributed by atoms with Gasteiger partial charge in [-0.05, 0) is 48.9 Å². The van der Waals surface area contributed by atoms with Gasteiger partial charge in [-0.2, -0.15) is 0 Å². The van der Waals surface area contributed by atoms with Crippen molar-refractivity contribution >= 4 is 27.5 Å². The predicted octanol–water partition coefficient (Wildman–Crippen LogP) is 2.85. The summed E-state index contributed by atoms with van der Waals surface area (Å²) >= 11 is 3.30. The summed E-state index contributed by atoms with van der Waals surface area (Å²) < 4.78 is 16.5. The Morgan fingerprint density at radius 1 is 1.07 bits per heavy atom. The quantitative estimate of drug-likeness (QED) is 0.645. The van der Waals surface area contributed by atoms with Crippen LogP contribution in [-0.4, -0.2) is 15.0 Å². The molecule has 0 aliphatic rings. The lowest BCUT2D eigenvalue weighted by Gasteiger charge is -2.11. The van der Waals surface area contributed by atoms with Gasteiger partial charge < -0.3 is 5.32 Å². The standard InChI is InChI=1S/C19H15BrFN3O3/c1-12-2-5-14(21)10-16(12)24-9-8-23(18(26)19(24)27)11-17(25)22-15-6-3-13(20)4-7-15/h2-10H,11H2,1H3,(H,22,25). The Morgan fingerprint density at radius 3 is 2.48 bits per heavy atom. The van der Waals surface area contributed by atoms with Crippen LogP contribution in [0.3, 0.4) is 0 Å². The maximum atomic E-state index is 13.5. The average Bonchev–Trinajstić information content (AvgIpc) is 2.63. The minimum absolute atomic E-state index is 0.281. The number of rotatable bonds is 4. The lowest BCUT2D eigenvalue weighted by Crippen LogP contribution is -2.41. The maximum Gasteiger partial charge on any atom is 0.320 e. The zero-order valence-corrected chi connectivity index (χ0v) is 15.9. The summed E-state index contributed by atoms with van der Waals surface area (Å²) in [5.41, 5.74) is -0.234. The third-order valence-electron chi connectivity index (χ3n) is 3.93. The van der Waals surface area contributed by atoms with Crippen LogP contribution in [0.5, 0.6) is 0 Å². The van der Waals surface area contributed by atoms with Gasteiger partial charge in [0.2, 0.25) is 5.91 Å². The second-order valence-corrected chi connectivity index (χ2v) is 6.81. The third kappa shape index (κ3) is 4.22. The zero-order valence-electron chi connectivity index (χ0n) is 14.3. The molecule has 1 heterocycles. The molecule has 0 aliphatic heterocycles. The molecule has 1 N–H and O–H groups in total. The second-order valence-electron chi connectivity index (χ2n) is 5.89. The lowest BCUT2D eigenvalue weighted by molar-refractivity contribution is -0.116. The number of nitrogens with zero attached hydrogens (tertiary/aromatic N) is 2. The molecular weight excluding hydrogens is 417 g/mol. The topological polar surface area (TPSA) is 73.1 Å². The Hall–Kier alpha value is -3.00. The Balaban J connectivity index is 1.86. The lowest BCUT2D eigenvalue weighted by atomic mass is 10.2. The van der Waals surface area contributed by atoms with Gasteiger partial charge in [-0.1, -0.05) is 22.0 Å². The van der Waals surface area contributed by atoms with E-state index in [1.165, 1.54) is 30.6 Å². The normalized spacial score (nSPS) is 10.6. The molecule has 8 heteroatoms. The first-order valence-corrected chi connectivity index (χ1v) is 8.78. The van der Waals surface area contributed by atoms with E-state index in [9.17, 15) is 18.8 Å². The second kappa shape index (κ2) is 7.71. The van der Waals surface area contributed by atoms with Crippen LogP contribution in [0.2, 0.25) is 0 Å². The smallest absolute Gasteiger partial charge is 0.320 e. The number of hydrogen-bond acceptors (Lipinski definition) is 3. The highest BCUT2D eigenvalue weighted by Gasteiger charge is 2.12. The van der Waals surface area contributed by atoms with E-state index in [-0.39, 0.29) is 12.2 Å². The number of carbonyl (C=O) groups excluding carboxylic acids is 1. The van der Waals surface area contributed by atoms with Gasteiger partial charge in [0.15, 0.2) is 0 Å². The minimum atomic E-state index is -0.868. The summed E-state index contributed by atoms with van der Waals surface area (Å²) in [6.45, 7) is 1.39. The van der Waals surface area contributed by atoms with Crippen LogP contribution in [0.15, 0.2) is 68.9 Å². The number of aryl methyl sites for hydroxylation is 1. The van der Waals surface area contributed by atoms with Crippen molar-refractivity contribution in [1.29, 1.82) is 0 Å². The summed E-state index contributed by atoms with van der Waals surface area (Å²) in [5.74, 6) is -0.959. The number of benzene rings is 2. The first-order valence-electron chi connectivity index (χ1n) is 7.99. The van der Waals surface area contributed by atoms with E-state index in [4.69, 9.17) is 0 Å². The molecule has 27 heavy (non-hydrogen) atoms. The van der Waals surface area contributed by atoms with E-state index >= 15 is 0 Å². The molecule has 1 aromatic heterocycles. The summed E-state index contributed by atoms with van der Waals surface area (Å²) in [5, 5.41) is 2.65. The van der Waals surface area contributed by atoms with Crippen molar-refractivity contribution < 1.29 is 9.18 Å². The van der Waals surface area contributed by atoms with Gasteiger partial charge in [-0.3, -0.25) is 23.5 Å². The number of nitrogens with one attached hydrogen (secondary N) is 1. The van der Waals surface area contributed by atoms with Crippen LogP contribution in [0, 0.1) is 12.7 Å². The van der Waals surface area contributed by atoms with Crippen LogP contribution in [-0.2, 0) is 11.3 Å². The summed E-state index contributed by atoms with van der Waals surface area (Å²) in [6, 6.07) is 10.9.